The molecule has 2 aromatic rings. The molecular formula is C17H22N2O2. The maximum absolute atomic E-state index is 5.54. The summed E-state index contributed by atoms with van der Waals surface area (Å²) in [6.45, 7) is 7.19. The summed E-state index contributed by atoms with van der Waals surface area (Å²) in [4.78, 5) is 2.37. The van der Waals surface area contributed by atoms with Gasteiger partial charge in [-0.3, -0.25) is 0 Å². The number of benzene rings is 1. The maximum atomic E-state index is 5.54. The molecule has 21 heavy (non-hydrogen) atoms. The third-order valence-electron chi connectivity index (χ3n) is 3.74. The van der Waals surface area contributed by atoms with E-state index in [9.17, 15) is 0 Å². The minimum atomic E-state index is 0.763. The van der Waals surface area contributed by atoms with E-state index >= 15 is 0 Å². The summed E-state index contributed by atoms with van der Waals surface area (Å²) in [5.41, 5.74) is 2.57. The Kier molecular flexibility index (Phi) is 4.58. The molecule has 1 aromatic heterocycles. The molecule has 1 fully saturated rings. The largest absolute Gasteiger partial charge is 0.465 e. The summed E-state index contributed by atoms with van der Waals surface area (Å²) in [5, 5.41) is 3.40. The molecule has 0 spiro atoms. The second-order valence-corrected chi connectivity index (χ2v) is 5.38. The smallest absolute Gasteiger partial charge is 0.117 e. The number of rotatable bonds is 5. The maximum Gasteiger partial charge on any atom is 0.117 e. The first-order valence-electron chi connectivity index (χ1n) is 7.49. The number of anilines is 1. The van der Waals surface area contributed by atoms with Crippen molar-refractivity contribution in [3.05, 3.63) is 53.5 Å². The Balaban J connectivity index is 1.49. The number of morpholine rings is 1. The highest BCUT2D eigenvalue weighted by atomic mass is 16.5. The van der Waals surface area contributed by atoms with Crippen LogP contribution in [0, 0.1) is 6.92 Å². The number of furan rings is 1. The average Bonchev–Trinajstić information content (AvgIpc) is 2.94. The lowest BCUT2D eigenvalue weighted by atomic mass is 10.2. The normalized spacial score (nSPS) is 15.4. The predicted octanol–water partition coefficient (Wildman–Crippen LogP) is 2.71. The summed E-state index contributed by atoms with van der Waals surface area (Å²) in [6.07, 6.45) is 0. The van der Waals surface area contributed by atoms with Crippen LogP contribution in [-0.4, -0.2) is 26.3 Å². The van der Waals surface area contributed by atoms with Crippen molar-refractivity contribution >= 4 is 5.69 Å². The Bertz CT molecular complexity index is 556. The monoisotopic (exact) mass is 286 g/mol. The summed E-state index contributed by atoms with van der Waals surface area (Å²) in [7, 11) is 0. The van der Waals surface area contributed by atoms with Crippen LogP contribution in [0.2, 0.25) is 0 Å². The molecule has 1 N–H and O–H groups in total. The zero-order valence-corrected chi connectivity index (χ0v) is 12.5. The zero-order valence-electron chi connectivity index (χ0n) is 12.5. The summed E-state index contributed by atoms with van der Waals surface area (Å²) >= 11 is 0. The van der Waals surface area contributed by atoms with Gasteiger partial charge in [-0.1, -0.05) is 12.1 Å². The van der Waals surface area contributed by atoms with Crippen LogP contribution >= 0.6 is 0 Å². The van der Waals surface area contributed by atoms with Crippen molar-refractivity contribution in [2.45, 2.75) is 20.0 Å². The van der Waals surface area contributed by atoms with E-state index in [0.717, 1.165) is 50.9 Å². The molecule has 0 unspecified atom stereocenters. The summed E-state index contributed by atoms with van der Waals surface area (Å²) in [6, 6.07) is 12.8. The molecule has 1 aromatic carbocycles. The number of nitrogens with one attached hydrogen (secondary N) is 1. The molecule has 2 heterocycles. The molecule has 0 atom stereocenters. The van der Waals surface area contributed by atoms with Gasteiger partial charge in [-0.25, -0.2) is 0 Å². The van der Waals surface area contributed by atoms with Crippen LogP contribution in [-0.2, 0) is 17.8 Å². The Morgan fingerprint density at radius 2 is 1.76 bits per heavy atom. The molecule has 0 amide bonds. The van der Waals surface area contributed by atoms with Gasteiger partial charge in [-0.2, -0.15) is 0 Å². The van der Waals surface area contributed by atoms with Crippen molar-refractivity contribution in [2.75, 3.05) is 31.2 Å². The third kappa shape index (κ3) is 3.86. The fourth-order valence-corrected chi connectivity index (χ4v) is 2.56. The van der Waals surface area contributed by atoms with Gasteiger partial charge in [0.05, 0.1) is 19.8 Å². The minimum absolute atomic E-state index is 0.763. The van der Waals surface area contributed by atoms with E-state index in [1.807, 2.05) is 19.1 Å². The van der Waals surface area contributed by atoms with Crippen molar-refractivity contribution in [1.29, 1.82) is 0 Å². The van der Waals surface area contributed by atoms with E-state index in [1.165, 1.54) is 11.3 Å². The van der Waals surface area contributed by atoms with Gasteiger partial charge in [0.15, 0.2) is 0 Å². The number of nitrogens with zero attached hydrogens (tertiary/aromatic N) is 1. The standard InChI is InChI=1S/C17H22N2O2/c1-14-2-7-17(21-14)13-18-12-15-3-5-16(6-4-15)19-8-10-20-11-9-19/h2-7,18H,8-13H2,1H3. The Morgan fingerprint density at radius 1 is 1.00 bits per heavy atom. The van der Waals surface area contributed by atoms with E-state index < -0.39 is 0 Å². The zero-order chi connectivity index (χ0) is 14.5. The van der Waals surface area contributed by atoms with Gasteiger partial charge in [0, 0.05) is 25.3 Å². The average molecular weight is 286 g/mol. The first-order valence-corrected chi connectivity index (χ1v) is 7.49. The molecule has 112 valence electrons. The fourth-order valence-electron chi connectivity index (χ4n) is 2.56. The topological polar surface area (TPSA) is 37.6 Å². The molecule has 0 aliphatic carbocycles. The SMILES string of the molecule is Cc1ccc(CNCc2ccc(N3CCOCC3)cc2)o1. The van der Waals surface area contributed by atoms with E-state index in [4.69, 9.17) is 9.15 Å². The van der Waals surface area contributed by atoms with Crippen LogP contribution in [0.5, 0.6) is 0 Å². The summed E-state index contributed by atoms with van der Waals surface area (Å²) < 4.78 is 10.9. The Hall–Kier alpha value is -1.78. The van der Waals surface area contributed by atoms with Gasteiger partial charge in [0.25, 0.3) is 0 Å². The molecule has 0 bridgehead atoms. The van der Waals surface area contributed by atoms with E-state index in [1.54, 1.807) is 0 Å². The van der Waals surface area contributed by atoms with Crippen LogP contribution in [0.3, 0.4) is 0 Å². The predicted molar refractivity (Wildman–Crippen MR) is 83.5 cm³/mol. The van der Waals surface area contributed by atoms with E-state index in [2.05, 4.69) is 34.5 Å². The highest BCUT2D eigenvalue weighted by Crippen LogP contribution is 2.16. The number of ether oxygens (including phenoxy) is 1. The second kappa shape index (κ2) is 6.78. The molecular weight excluding hydrogens is 264 g/mol. The van der Waals surface area contributed by atoms with Crippen molar-refractivity contribution in [3.8, 4) is 0 Å². The van der Waals surface area contributed by atoms with Gasteiger partial charge in [0.2, 0.25) is 0 Å². The van der Waals surface area contributed by atoms with Crippen LogP contribution in [0.25, 0.3) is 0 Å². The lowest BCUT2D eigenvalue weighted by molar-refractivity contribution is 0.122. The van der Waals surface area contributed by atoms with Crippen LogP contribution in [0.15, 0.2) is 40.8 Å². The minimum Gasteiger partial charge on any atom is -0.465 e. The molecule has 1 aliphatic rings. The lowest BCUT2D eigenvalue weighted by Crippen LogP contribution is -2.36. The van der Waals surface area contributed by atoms with Gasteiger partial charge in [0.1, 0.15) is 11.5 Å². The van der Waals surface area contributed by atoms with Crippen molar-refractivity contribution < 1.29 is 9.15 Å². The lowest BCUT2D eigenvalue weighted by Gasteiger charge is -2.28. The van der Waals surface area contributed by atoms with Crippen LogP contribution < -0.4 is 10.2 Å². The molecule has 4 nitrogen and oxygen atoms in total. The molecule has 0 radical (unpaired) electrons. The van der Waals surface area contributed by atoms with Gasteiger partial charge < -0.3 is 19.4 Å². The van der Waals surface area contributed by atoms with Crippen molar-refractivity contribution in [2.24, 2.45) is 0 Å². The highest BCUT2D eigenvalue weighted by Gasteiger charge is 2.10. The van der Waals surface area contributed by atoms with Crippen molar-refractivity contribution in [1.82, 2.24) is 5.32 Å². The molecule has 4 heteroatoms. The van der Waals surface area contributed by atoms with Crippen molar-refractivity contribution in [3.63, 3.8) is 0 Å². The van der Waals surface area contributed by atoms with E-state index in [0.29, 0.717) is 0 Å². The molecule has 3 rings (SSSR count). The first kappa shape index (κ1) is 14.2. The quantitative estimate of drug-likeness (QED) is 0.917. The third-order valence-corrected chi connectivity index (χ3v) is 3.74. The highest BCUT2D eigenvalue weighted by molar-refractivity contribution is 5.47. The number of hydrogen-bond acceptors (Lipinski definition) is 4. The van der Waals surface area contributed by atoms with Crippen LogP contribution in [0.4, 0.5) is 5.69 Å². The fraction of sp³-hybridized carbons (Fsp3) is 0.412. The van der Waals surface area contributed by atoms with Crippen LogP contribution in [0.1, 0.15) is 17.1 Å². The molecule has 0 saturated carbocycles. The number of hydrogen-bond donors (Lipinski definition) is 1. The van der Waals surface area contributed by atoms with Gasteiger partial charge >= 0.3 is 0 Å². The van der Waals surface area contributed by atoms with E-state index in [-0.39, 0.29) is 0 Å². The summed E-state index contributed by atoms with van der Waals surface area (Å²) in [5.74, 6) is 1.94. The Labute approximate surface area is 125 Å². The van der Waals surface area contributed by atoms with Gasteiger partial charge in [-0.15, -0.1) is 0 Å². The van der Waals surface area contributed by atoms with Gasteiger partial charge in [-0.05, 0) is 36.8 Å². The molecule has 1 saturated heterocycles. The second-order valence-electron chi connectivity index (χ2n) is 5.38. The Morgan fingerprint density at radius 3 is 2.43 bits per heavy atom. The first-order chi connectivity index (χ1) is 10.3. The molecule has 1 aliphatic heterocycles. The number of aryl methyl sites for hydroxylation is 1.